The molecule has 5 rings (SSSR count). The van der Waals surface area contributed by atoms with E-state index < -0.39 is 10.0 Å². The molecule has 3 unspecified atom stereocenters. The number of nitrogens with one attached hydrogen (secondary N) is 2. The van der Waals surface area contributed by atoms with Gasteiger partial charge in [-0.25, -0.2) is 8.42 Å². The van der Waals surface area contributed by atoms with Crippen LogP contribution in [0, 0.1) is 19.8 Å². The fraction of sp³-hybridized carbons (Fsp3) is 0.231. The van der Waals surface area contributed by atoms with E-state index >= 15 is 0 Å². The summed E-state index contributed by atoms with van der Waals surface area (Å²) in [7, 11) is -3.72. The minimum absolute atomic E-state index is 0.0754. The lowest BCUT2D eigenvalue weighted by atomic mass is 9.77. The zero-order valence-corrected chi connectivity index (χ0v) is 19.5. The Morgan fingerprint density at radius 3 is 2.47 bits per heavy atom. The van der Waals surface area contributed by atoms with Gasteiger partial charge in [0.15, 0.2) is 0 Å². The fourth-order valence-electron chi connectivity index (χ4n) is 4.94. The van der Waals surface area contributed by atoms with Crippen molar-refractivity contribution in [3.05, 3.63) is 100 Å². The highest BCUT2D eigenvalue weighted by atomic mass is 35.5. The fourth-order valence-corrected chi connectivity index (χ4v) is 6.43. The lowest BCUT2D eigenvalue weighted by Gasteiger charge is -2.38. The smallest absolute Gasteiger partial charge is 0.261 e. The van der Waals surface area contributed by atoms with E-state index in [1.54, 1.807) is 6.07 Å². The van der Waals surface area contributed by atoms with E-state index in [1.165, 1.54) is 0 Å². The summed E-state index contributed by atoms with van der Waals surface area (Å²) < 4.78 is 29.3. The Kier molecular flexibility index (Phi) is 5.26. The van der Waals surface area contributed by atoms with Crippen LogP contribution in [0.3, 0.4) is 0 Å². The first-order valence-corrected chi connectivity index (χ1v) is 12.6. The summed E-state index contributed by atoms with van der Waals surface area (Å²) >= 11 is 6.51. The van der Waals surface area contributed by atoms with Crippen molar-refractivity contribution in [2.75, 3.05) is 10.0 Å². The summed E-state index contributed by atoms with van der Waals surface area (Å²) in [6.07, 6.45) is 5.31. The van der Waals surface area contributed by atoms with Gasteiger partial charge in [0.1, 0.15) is 0 Å². The molecule has 164 valence electrons. The number of hydrogen-bond donors (Lipinski definition) is 2. The third-order valence-corrected chi connectivity index (χ3v) is 8.29. The van der Waals surface area contributed by atoms with Crippen LogP contribution in [0.2, 0.25) is 5.02 Å². The van der Waals surface area contributed by atoms with Crippen LogP contribution in [0.15, 0.2) is 77.7 Å². The van der Waals surface area contributed by atoms with Gasteiger partial charge in [-0.3, -0.25) is 4.72 Å². The van der Waals surface area contributed by atoms with Gasteiger partial charge < -0.3 is 5.32 Å². The molecular formula is C26H25ClN2O2S. The van der Waals surface area contributed by atoms with E-state index in [0.717, 1.165) is 39.4 Å². The summed E-state index contributed by atoms with van der Waals surface area (Å²) in [6, 6.07) is 19.1. The molecule has 0 amide bonds. The van der Waals surface area contributed by atoms with Crippen LogP contribution in [-0.4, -0.2) is 8.42 Å². The van der Waals surface area contributed by atoms with Gasteiger partial charge >= 0.3 is 0 Å². The van der Waals surface area contributed by atoms with Gasteiger partial charge in [0.05, 0.1) is 16.6 Å². The molecule has 3 aromatic carbocycles. The van der Waals surface area contributed by atoms with Crippen LogP contribution in [0.1, 0.15) is 40.6 Å². The third-order valence-electron chi connectivity index (χ3n) is 6.60. The molecule has 1 aliphatic heterocycles. The van der Waals surface area contributed by atoms with Crippen LogP contribution >= 0.6 is 11.6 Å². The molecule has 0 saturated heterocycles. The Bertz CT molecular complexity index is 1310. The van der Waals surface area contributed by atoms with E-state index in [0.29, 0.717) is 5.69 Å². The summed E-state index contributed by atoms with van der Waals surface area (Å²) in [5.74, 6) is 0.426. The van der Waals surface area contributed by atoms with Crippen LogP contribution in [0.4, 0.5) is 11.4 Å². The average molecular weight is 465 g/mol. The van der Waals surface area contributed by atoms with Gasteiger partial charge in [-0.05, 0) is 72.7 Å². The van der Waals surface area contributed by atoms with E-state index in [2.05, 4.69) is 28.3 Å². The molecule has 0 radical (unpaired) electrons. The molecule has 0 aromatic heterocycles. The summed E-state index contributed by atoms with van der Waals surface area (Å²) in [4.78, 5) is 0.274. The first-order valence-electron chi connectivity index (χ1n) is 10.8. The van der Waals surface area contributed by atoms with Crippen molar-refractivity contribution in [2.24, 2.45) is 5.92 Å². The molecule has 2 N–H and O–H groups in total. The Morgan fingerprint density at radius 1 is 0.969 bits per heavy atom. The highest BCUT2D eigenvalue weighted by Crippen LogP contribution is 2.51. The largest absolute Gasteiger partial charge is 0.378 e. The highest BCUT2D eigenvalue weighted by molar-refractivity contribution is 7.92. The molecule has 3 atom stereocenters. The molecule has 0 fully saturated rings. The number of sulfonamides is 1. The second kappa shape index (κ2) is 7.98. The van der Waals surface area contributed by atoms with Crippen molar-refractivity contribution in [1.82, 2.24) is 0 Å². The molecule has 1 aliphatic carbocycles. The quantitative estimate of drug-likeness (QED) is 0.428. The van der Waals surface area contributed by atoms with Gasteiger partial charge in [0.2, 0.25) is 0 Å². The lowest BCUT2D eigenvalue weighted by Crippen LogP contribution is -2.29. The normalized spacial score (nSPS) is 21.5. The molecule has 1 heterocycles. The first kappa shape index (κ1) is 21.1. The zero-order chi connectivity index (χ0) is 22.5. The monoisotopic (exact) mass is 464 g/mol. The molecule has 3 aromatic rings. The van der Waals surface area contributed by atoms with Crippen LogP contribution in [0.5, 0.6) is 0 Å². The molecule has 0 saturated carbocycles. The summed E-state index contributed by atoms with van der Waals surface area (Å²) in [5.41, 5.74) is 5.47. The van der Waals surface area contributed by atoms with Crippen LogP contribution in [0.25, 0.3) is 0 Å². The summed E-state index contributed by atoms with van der Waals surface area (Å²) in [5, 5.41) is 4.38. The van der Waals surface area contributed by atoms with Gasteiger partial charge in [-0.15, -0.1) is 0 Å². The first-order chi connectivity index (χ1) is 15.3. The number of rotatable bonds is 4. The molecule has 0 spiro atoms. The Labute approximate surface area is 194 Å². The Morgan fingerprint density at radius 2 is 1.72 bits per heavy atom. The number of aryl methyl sites for hydroxylation is 2. The number of halogens is 1. The number of allylic oxidation sites excluding steroid dienone is 2. The number of anilines is 2. The minimum atomic E-state index is -3.72. The molecule has 2 aliphatic rings. The number of para-hydroxylation sites is 1. The molecule has 0 bridgehead atoms. The van der Waals surface area contributed by atoms with Crippen molar-refractivity contribution in [2.45, 2.75) is 37.1 Å². The van der Waals surface area contributed by atoms with Crippen molar-refractivity contribution in [1.29, 1.82) is 0 Å². The van der Waals surface area contributed by atoms with Gasteiger partial charge in [-0.2, -0.15) is 0 Å². The predicted molar refractivity (Wildman–Crippen MR) is 131 cm³/mol. The highest BCUT2D eigenvalue weighted by Gasteiger charge is 2.39. The topological polar surface area (TPSA) is 58.2 Å². The lowest BCUT2D eigenvalue weighted by molar-refractivity contribution is 0.425. The maximum absolute atomic E-state index is 13.2. The third kappa shape index (κ3) is 3.59. The average Bonchev–Trinajstić information content (AvgIpc) is 3.26. The zero-order valence-electron chi connectivity index (χ0n) is 18.0. The van der Waals surface area contributed by atoms with Crippen LogP contribution < -0.4 is 10.0 Å². The Balaban J connectivity index is 1.52. The predicted octanol–water partition coefficient (Wildman–Crippen LogP) is 6.58. The second-order valence-corrected chi connectivity index (χ2v) is 10.7. The van der Waals surface area contributed by atoms with Crippen molar-refractivity contribution in [3.8, 4) is 0 Å². The van der Waals surface area contributed by atoms with Gasteiger partial charge in [0, 0.05) is 16.6 Å². The maximum atomic E-state index is 13.2. The number of benzene rings is 3. The summed E-state index contributed by atoms with van der Waals surface area (Å²) in [6.45, 7) is 3.81. The molecule has 6 heteroatoms. The van der Waals surface area contributed by atoms with Crippen molar-refractivity contribution < 1.29 is 8.42 Å². The van der Waals surface area contributed by atoms with Crippen molar-refractivity contribution in [3.63, 3.8) is 0 Å². The standard InChI is InChI=1S/C26H25ClN2O2S/c1-16-7-5-8-17(2)25(16)29-32(30,31)18-13-14-24-22(15-18)19-10-6-11-20(19)26(28-24)21-9-3-4-12-23(21)27/h3-10,12-15,19-20,26,28-29H,11H2,1-2H3. The van der Waals surface area contributed by atoms with Crippen molar-refractivity contribution >= 4 is 33.0 Å². The number of hydrogen-bond acceptors (Lipinski definition) is 3. The Hall–Kier alpha value is -2.76. The van der Waals surface area contributed by atoms with Gasteiger partial charge in [-0.1, -0.05) is 60.2 Å². The second-order valence-electron chi connectivity index (χ2n) is 8.62. The van der Waals surface area contributed by atoms with E-state index in [-0.39, 0.29) is 22.8 Å². The van der Waals surface area contributed by atoms with Crippen LogP contribution in [-0.2, 0) is 10.0 Å². The SMILES string of the molecule is Cc1cccc(C)c1NS(=O)(=O)c1ccc2c(c1)C1C=CCC1C(c1ccccc1Cl)N2. The minimum Gasteiger partial charge on any atom is -0.378 e. The molecular weight excluding hydrogens is 440 g/mol. The van der Waals surface area contributed by atoms with E-state index in [1.807, 2.05) is 62.4 Å². The van der Waals surface area contributed by atoms with E-state index in [4.69, 9.17) is 11.6 Å². The maximum Gasteiger partial charge on any atom is 0.261 e. The molecule has 32 heavy (non-hydrogen) atoms. The number of fused-ring (bicyclic) bond motifs is 3. The van der Waals surface area contributed by atoms with Gasteiger partial charge in [0.25, 0.3) is 10.0 Å². The van der Waals surface area contributed by atoms with E-state index in [9.17, 15) is 8.42 Å². The molecule has 4 nitrogen and oxygen atoms in total.